The molecule has 1 fully saturated rings. The molecule has 2 N–H and O–H groups in total. The van der Waals surface area contributed by atoms with E-state index in [1.807, 2.05) is 0 Å². The van der Waals surface area contributed by atoms with Crippen LogP contribution in [0.4, 0.5) is 0 Å². The van der Waals surface area contributed by atoms with Gasteiger partial charge in [-0.3, -0.25) is 4.79 Å². The summed E-state index contributed by atoms with van der Waals surface area (Å²) >= 11 is 0. The van der Waals surface area contributed by atoms with Gasteiger partial charge in [0.25, 0.3) is 0 Å². The van der Waals surface area contributed by atoms with Gasteiger partial charge in [0, 0.05) is 6.92 Å². The molecule has 0 saturated heterocycles. The molecule has 1 aliphatic rings. The van der Waals surface area contributed by atoms with E-state index in [1.54, 1.807) is 0 Å². The van der Waals surface area contributed by atoms with E-state index in [0.29, 0.717) is 18.8 Å². The second-order valence-corrected chi connectivity index (χ2v) is 4.25. The Morgan fingerprint density at radius 3 is 2.77 bits per heavy atom. The lowest BCUT2D eigenvalue weighted by Crippen LogP contribution is -2.47. The molecular weight excluding hydrogens is 166 g/mol. The zero-order valence-electron chi connectivity index (χ0n) is 8.47. The third-order valence-corrected chi connectivity index (χ3v) is 2.75. The van der Waals surface area contributed by atoms with Gasteiger partial charge in [0.2, 0.25) is 5.91 Å². The van der Waals surface area contributed by atoms with Gasteiger partial charge in [0.05, 0.1) is 0 Å². The van der Waals surface area contributed by atoms with Crippen molar-refractivity contribution in [3.05, 3.63) is 0 Å². The van der Waals surface area contributed by atoms with Crippen molar-refractivity contribution >= 4 is 5.91 Å². The van der Waals surface area contributed by atoms with E-state index in [2.05, 4.69) is 12.2 Å². The second kappa shape index (κ2) is 4.09. The fourth-order valence-corrected chi connectivity index (χ4v) is 1.95. The normalized spacial score (nSPS) is 35.2. The largest absolute Gasteiger partial charge is 0.371 e. The molecule has 0 spiro atoms. The van der Waals surface area contributed by atoms with E-state index in [9.17, 15) is 9.90 Å². The maximum Gasteiger partial charge on any atom is 0.219 e. The van der Waals surface area contributed by atoms with Gasteiger partial charge in [-0.1, -0.05) is 13.3 Å². The Kier molecular flexibility index (Phi) is 3.31. The van der Waals surface area contributed by atoms with Crippen LogP contribution in [0.3, 0.4) is 0 Å². The molecule has 0 radical (unpaired) electrons. The van der Waals surface area contributed by atoms with Crippen molar-refractivity contribution in [3.63, 3.8) is 0 Å². The average molecular weight is 185 g/mol. The molecule has 2 atom stereocenters. The van der Waals surface area contributed by atoms with Crippen LogP contribution in [0.2, 0.25) is 0 Å². The third kappa shape index (κ3) is 3.35. The molecule has 0 aromatic rings. The van der Waals surface area contributed by atoms with Gasteiger partial charge in [-0.25, -0.2) is 0 Å². The summed E-state index contributed by atoms with van der Waals surface area (Å²) in [5.74, 6) is 0.528. The van der Waals surface area contributed by atoms with Crippen LogP contribution in [-0.4, -0.2) is 16.7 Å². The van der Waals surface area contributed by atoms with E-state index in [1.165, 1.54) is 6.92 Å². The van der Waals surface area contributed by atoms with Gasteiger partial charge in [-0.05, 0) is 31.6 Å². The Labute approximate surface area is 79.5 Å². The van der Waals surface area contributed by atoms with Crippen molar-refractivity contribution < 1.29 is 9.90 Å². The molecule has 2 unspecified atom stereocenters. The van der Waals surface area contributed by atoms with Crippen LogP contribution in [-0.2, 0) is 4.79 Å². The van der Waals surface area contributed by atoms with E-state index < -0.39 is 5.72 Å². The van der Waals surface area contributed by atoms with Gasteiger partial charge in [0.1, 0.15) is 5.72 Å². The van der Waals surface area contributed by atoms with Gasteiger partial charge < -0.3 is 10.4 Å². The highest BCUT2D eigenvalue weighted by molar-refractivity contribution is 5.73. The molecular formula is C10H19NO2. The average Bonchev–Trinajstić information content (AvgIpc) is 2.12. The van der Waals surface area contributed by atoms with Crippen molar-refractivity contribution in [3.8, 4) is 0 Å². The molecule has 13 heavy (non-hydrogen) atoms. The summed E-state index contributed by atoms with van der Waals surface area (Å²) in [7, 11) is 0. The lowest BCUT2D eigenvalue weighted by Gasteiger charge is -2.27. The molecule has 0 bridgehead atoms. The van der Waals surface area contributed by atoms with Crippen LogP contribution in [0.1, 0.15) is 46.0 Å². The lowest BCUT2D eigenvalue weighted by molar-refractivity contribution is -0.127. The Hall–Kier alpha value is -0.570. The van der Waals surface area contributed by atoms with Gasteiger partial charge >= 0.3 is 0 Å². The monoisotopic (exact) mass is 185 g/mol. The highest BCUT2D eigenvalue weighted by atomic mass is 16.3. The topological polar surface area (TPSA) is 49.3 Å². The van der Waals surface area contributed by atoms with Crippen molar-refractivity contribution in [2.45, 2.75) is 51.7 Å². The summed E-state index contributed by atoms with van der Waals surface area (Å²) < 4.78 is 0. The molecule has 1 amide bonds. The zero-order chi connectivity index (χ0) is 9.90. The SMILES string of the molecule is CC(=O)NC1(O)CCCC(C)CC1. The minimum Gasteiger partial charge on any atom is -0.371 e. The summed E-state index contributed by atoms with van der Waals surface area (Å²) in [6, 6.07) is 0. The Morgan fingerprint density at radius 1 is 1.46 bits per heavy atom. The Morgan fingerprint density at radius 2 is 2.15 bits per heavy atom. The van der Waals surface area contributed by atoms with Gasteiger partial charge in [-0.15, -0.1) is 0 Å². The molecule has 0 aromatic heterocycles. The maximum absolute atomic E-state index is 10.8. The predicted octanol–water partition coefficient (Wildman–Crippen LogP) is 1.41. The van der Waals surface area contributed by atoms with Crippen LogP contribution < -0.4 is 5.32 Å². The minimum atomic E-state index is -0.934. The Bertz CT molecular complexity index is 193. The summed E-state index contributed by atoms with van der Waals surface area (Å²) in [5.41, 5.74) is -0.934. The first kappa shape index (κ1) is 10.5. The highest BCUT2D eigenvalue weighted by Crippen LogP contribution is 2.28. The summed E-state index contributed by atoms with van der Waals surface area (Å²) in [5, 5.41) is 12.6. The van der Waals surface area contributed by atoms with Crippen LogP contribution in [0.5, 0.6) is 0 Å². The second-order valence-electron chi connectivity index (χ2n) is 4.25. The summed E-state index contributed by atoms with van der Waals surface area (Å²) in [6.45, 7) is 3.64. The van der Waals surface area contributed by atoms with Gasteiger partial charge in [0.15, 0.2) is 0 Å². The molecule has 76 valence electrons. The first-order valence-corrected chi connectivity index (χ1v) is 5.03. The fraction of sp³-hybridized carbons (Fsp3) is 0.900. The molecule has 0 heterocycles. The van der Waals surface area contributed by atoms with Crippen molar-refractivity contribution in [2.75, 3.05) is 0 Å². The Balaban J connectivity index is 2.52. The maximum atomic E-state index is 10.8. The number of nitrogens with one attached hydrogen (secondary N) is 1. The quantitative estimate of drug-likeness (QED) is 0.479. The lowest BCUT2D eigenvalue weighted by atomic mass is 10.0. The minimum absolute atomic E-state index is 0.142. The van der Waals surface area contributed by atoms with Crippen molar-refractivity contribution in [1.82, 2.24) is 5.32 Å². The molecule has 1 aliphatic carbocycles. The molecule has 3 heteroatoms. The number of hydrogen-bond donors (Lipinski definition) is 2. The third-order valence-electron chi connectivity index (χ3n) is 2.75. The van der Waals surface area contributed by atoms with E-state index in [0.717, 1.165) is 19.3 Å². The van der Waals surface area contributed by atoms with E-state index in [4.69, 9.17) is 0 Å². The van der Waals surface area contributed by atoms with Gasteiger partial charge in [-0.2, -0.15) is 0 Å². The summed E-state index contributed by atoms with van der Waals surface area (Å²) in [6.07, 6.45) is 4.53. The number of carbonyl (C=O) groups excluding carboxylic acids is 1. The van der Waals surface area contributed by atoms with Crippen LogP contribution in [0, 0.1) is 5.92 Å². The number of hydrogen-bond acceptors (Lipinski definition) is 2. The van der Waals surface area contributed by atoms with Crippen molar-refractivity contribution in [2.24, 2.45) is 5.92 Å². The molecule has 3 nitrogen and oxygen atoms in total. The molecule has 1 saturated carbocycles. The number of aliphatic hydroxyl groups is 1. The summed E-state index contributed by atoms with van der Waals surface area (Å²) in [4.78, 5) is 10.8. The molecule has 0 aliphatic heterocycles. The smallest absolute Gasteiger partial charge is 0.219 e. The van der Waals surface area contributed by atoms with E-state index in [-0.39, 0.29) is 5.91 Å². The first-order valence-electron chi connectivity index (χ1n) is 5.03. The number of rotatable bonds is 1. The number of amides is 1. The van der Waals surface area contributed by atoms with Crippen LogP contribution >= 0.6 is 0 Å². The fourth-order valence-electron chi connectivity index (χ4n) is 1.95. The van der Waals surface area contributed by atoms with E-state index >= 15 is 0 Å². The number of carbonyl (C=O) groups is 1. The first-order chi connectivity index (χ1) is 6.02. The van der Waals surface area contributed by atoms with Crippen LogP contribution in [0.15, 0.2) is 0 Å². The van der Waals surface area contributed by atoms with Crippen molar-refractivity contribution in [1.29, 1.82) is 0 Å². The highest BCUT2D eigenvalue weighted by Gasteiger charge is 2.30. The zero-order valence-corrected chi connectivity index (χ0v) is 8.47. The molecule has 1 rings (SSSR count). The predicted molar refractivity (Wildman–Crippen MR) is 51.0 cm³/mol. The van der Waals surface area contributed by atoms with Crippen LogP contribution in [0.25, 0.3) is 0 Å². The standard InChI is InChI=1S/C10H19NO2/c1-8-4-3-6-10(13,7-5-8)11-9(2)12/h8,13H,3-7H2,1-2H3,(H,11,12). The molecule has 0 aromatic carbocycles.